The van der Waals surface area contributed by atoms with Gasteiger partial charge in [0.15, 0.2) is 0 Å². The lowest BCUT2D eigenvalue weighted by molar-refractivity contribution is 0.167. The highest BCUT2D eigenvalue weighted by atomic mass is 16.5. The monoisotopic (exact) mass is 233 g/mol. The van der Waals surface area contributed by atoms with Crippen molar-refractivity contribution in [1.29, 1.82) is 0 Å². The minimum atomic E-state index is -0.604. The van der Waals surface area contributed by atoms with Crippen molar-refractivity contribution in [1.82, 2.24) is 10.1 Å². The maximum atomic E-state index is 11.1. The van der Waals surface area contributed by atoms with Gasteiger partial charge in [-0.25, -0.2) is 4.79 Å². The summed E-state index contributed by atoms with van der Waals surface area (Å²) in [6.07, 6.45) is -0.604. The number of carbonyl (C=O) groups excluding carboxylic acids is 1. The van der Waals surface area contributed by atoms with Crippen molar-refractivity contribution < 1.29 is 14.1 Å². The second kappa shape index (κ2) is 5.11. The molecule has 0 saturated heterocycles. The van der Waals surface area contributed by atoms with Crippen LogP contribution in [0.3, 0.4) is 0 Å². The second-order valence-corrected chi connectivity index (χ2v) is 3.13. The first-order chi connectivity index (χ1) is 8.29. The van der Waals surface area contributed by atoms with Crippen LogP contribution in [0.5, 0.6) is 0 Å². The molecule has 1 amide bonds. The number of amides is 1. The van der Waals surface area contributed by atoms with Crippen LogP contribution in [0.4, 0.5) is 10.7 Å². The second-order valence-electron chi connectivity index (χ2n) is 3.13. The lowest BCUT2D eigenvalue weighted by atomic mass is 10.2. The van der Waals surface area contributed by atoms with Crippen LogP contribution in [-0.2, 0) is 4.74 Å². The molecule has 1 N–H and O–H groups in total. The Morgan fingerprint density at radius 3 is 2.88 bits per heavy atom. The molecule has 0 bridgehead atoms. The number of carbonyl (C=O) groups is 1. The fraction of sp³-hybridized carbons (Fsp3) is 0.182. The van der Waals surface area contributed by atoms with Crippen LogP contribution in [-0.4, -0.2) is 22.8 Å². The largest absolute Gasteiger partial charge is 0.450 e. The third kappa shape index (κ3) is 2.81. The SMILES string of the molecule is CCOC(=O)Nc1noc(-c2ccccc2)n1. The molecule has 2 aromatic rings. The third-order valence-electron chi connectivity index (χ3n) is 1.94. The molecule has 6 nitrogen and oxygen atoms in total. The predicted octanol–water partition coefficient (Wildman–Crippen LogP) is 2.30. The minimum Gasteiger partial charge on any atom is -0.450 e. The molecule has 17 heavy (non-hydrogen) atoms. The zero-order valence-electron chi connectivity index (χ0n) is 9.21. The van der Waals surface area contributed by atoms with Gasteiger partial charge in [0.2, 0.25) is 0 Å². The molecule has 0 atom stereocenters. The van der Waals surface area contributed by atoms with Gasteiger partial charge < -0.3 is 9.26 Å². The predicted molar refractivity (Wildman–Crippen MR) is 60.4 cm³/mol. The molecule has 2 rings (SSSR count). The average molecular weight is 233 g/mol. The highest BCUT2D eigenvalue weighted by molar-refractivity contribution is 5.82. The number of aromatic nitrogens is 2. The van der Waals surface area contributed by atoms with Crippen molar-refractivity contribution in [2.75, 3.05) is 11.9 Å². The number of nitrogens with one attached hydrogen (secondary N) is 1. The first-order valence-corrected chi connectivity index (χ1v) is 5.12. The molecule has 0 aliphatic rings. The van der Waals surface area contributed by atoms with Crippen LogP contribution in [0.2, 0.25) is 0 Å². The number of anilines is 1. The van der Waals surface area contributed by atoms with Gasteiger partial charge in [0.1, 0.15) is 0 Å². The summed E-state index contributed by atoms with van der Waals surface area (Å²) in [5, 5.41) is 5.97. The molecule has 1 aromatic carbocycles. The summed E-state index contributed by atoms with van der Waals surface area (Å²) >= 11 is 0. The molecule has 0 spiro atoms. The Labute approximate surface area is 97.6 Å². The van der Waals surface area contributed by atoms with Gasteiger partial charge in [0.25, 0.3) is 11.8 Å². The van der Waals surface area contributed by atoms with Crippen molar-refractivity contribution >= 4 is 12.0 Å². The van der Waals surface area contributed by atoms with Crippen LogP contribution in [0, 0.1) is 0 Å². The molecule has 0 radical (unpaired) electrons. The van der Waals surface area contributed by atoms with Crippen molar-refractivity contribution in [2.24, 2.45) is 0 Å². The number of ether oxygens (including phenoxy) is 1. The van der Waals surface area contributed by atoms with E-state index >= 15 is 0 Å². The van der Waals surface area contributed by atoms with E-state index in [1.54, 1.807) is 6.92 Å². The van der Waals surface area contributed by atoms with Gasteiger partial charge in [0, 0.05) is 5.56 Å². The molecule has 0 unspecified atom stereocenters. The molecule has 0 fully saturated rings. The molecular weight excluding hydrogens is 222 g/mol. The molecular formula is C11H11N3O3. The Balaban J connectivity index is 2.09. The first-order valence-electron chi connectivity index (χ1n) is 5.12. The van der Waals surface area contributed by atoms with Crippen LogP contribution in [0.15, 0.2) is 34.9 Å². The summed E-state index contributed by atoms with van der Waals surface area (Å²) in [6, 6.07) is 9.27. The van der Waals surface area contributed by atoms with E-state index in [1.165, 1.54) is 0 Å². The summed E-state index contributed by atoms with van der Waals surface area (Å²) in [5.41, 5.74) is 0.789. The van der Waals surface area contributed by atoms with E-state index < -0.39 is 6.09 Å². The zero-order chi connectivity index (χ0) is 12.1. The Kier molecular flexibility index (Phi) is 3.34. The number of benzene rings is 1. The van der Waals surface area contributed by atoms with Gasteiger partial charge in [-0.3, -0.25) is 5.32 Å². The molecule has 88 valence electrons. The van der Waals surface area contributed by atoms with Crippen LogP contribution >= 0.6 is 0 Å². The van der Waals surface area contributed by atoms with Gasteiger partial charge in [-0.05, 0) is 24.2 Å². The third-order valence-corrected chi connectivity index (χ3v) is 1.94. The molecule has 1 heterocycles. The maximum absolute atomic E-state index is 11.1. The maximum Gasteiger partial charge on any atom is 0.414 e. The van der Waals surface area contributed by atoms with Crippen LogP contribution in [0.25, 0.3) is 11.5 Å². The smallest absolute Gasteiger partial charge is 0.414 e. The van der Waals surface area contributed by atoms with E-state index in [2.05, 4.69) is 20.2 Å². The van der Waals surface area contributed by atoms with E-state index in [9.17, 15) is 4.79 Å². The molecule has 0 saturated carbocycles. The van der Waals surface area contributed by atoms with E-state index in [4.69, 9.17) is 4.52 Å². The summed E-state index contributed by atoms with van der Waals surface area (Å²) in [7, 11) is 0. The van der Waals surface area contributed by atoms with E-state index in [0.29, 0.717) is 5.89 Å². The van der Waals surface area contributed by atoms with Gasteiger partial charge >= 0.3 is 6.09 Å². The van der Waals surface area contributed by atoms with E-state index in [-0.39, 0.29) is 12.6 Å². The summed E-state index contributed by atoms with van der Waals surface area (Å²) in [4.78, 5) is 15.1. The van der Waals surface area contributed by atoms with Gasteiger partial charge in [-0.2, -0.15) is 4.98 Å². The summed E-state index contributed by atoms with van der Waals surface area (Å²) in [6.45, 7) is 2.00. The lowest BCUT2D eigenvalue weighted by Gasteiger charge is -1.98. The quantitative estimate of drug-likeness (QED) is 0.880. The number of nitrogens with zero attached hydrogens (tertiary/aromatic N) is 2. The standard InChI is InChI=1S/C11H11N3O3/c1-2-16-11(15)13-10-12-9(17-14-10)8-6-4-3-5-7-8/h3-7H,2H2,1H3,(H,13,14,15). The highest BCUT2D eigenvalue weighted by Crippen LogP contribution is 2.17. The Morgan fingerprint density at radius 2 is 2.18 bits per heavy atom. The molecule has 6 heteroatoms. The van der Waals surface area contributed by atoms with Gasteiger partial charge in [-0.15, -0.1) is 0 Å². The van der Waals surface area contributed by atoms with Crippen molar-refractivity contribution in [3.63, 3.8) is 0 Å². The number of hydrogen-bond acceptors (Lipinski definition) is 5. The molecule has 0 aliphatic carbocycles. The summed E-state index contributed by atoms with van der Waals surface area (Å²) < 4.78 is 9.69. The Hall–Kier alpha value is -2.37. The fourth-order valence-electron chi connectivity index (χ4n) is 1.23. The highest BCUT2D eigenvalue weighted by Gasteiger charge is 2.10. The Morgan fingerprint density at radius 1 is 1.41 bits per heavy atom. The van der Waals surface area contributed by atoms with Crippen LogP contribution < -0.4 is 5.32 Å². The zero-order valence-corrected chi connectivity index (χ0v) is 9.21. The van der Waals surface area contributed by atoms with Crippen molar-refractivity contribution in [2.45, 2.75) is 6.92 Å². The average Bonchev–Trinajstić information content (AvgIpc) is 2.79. The van der Waals surface area contributed by atoms with Gasteiger partial charge in [0.05, 0.1) is 6.61 Å². The molecule has 1 aromatic heterocycles. The Bertz CT molecular complexity index is 496. The molecule has 0 aliphatic heterocycles. The van der Waals surface area contributed by atoms with Gasteiger partial charge in [-0.1, -0.05) is 18.2 Å². The lowest BCUT2D eigenvalue weighted by Crippen LogP contribution is -2.14. The minimum absolute atomic E-state index is 0.0855. The fourth-order valence-corrected chi connectivity index (χ4v) is 1.23. The van der Waals surface area contributed by atoms with E-state index in [0.717, 1.165) is 5.56 Å². The first kappa shape index (κ1) is 11.1. The van der Waals surface area contributed by atoms with Crippen molar-refractivity contribution in [3.05, 3.63) is 30.3 Å². The number of rotatable bonds is 3. The van der Waals surface area contributed by atoms with Crippen molar-refractivity contribution in [3.8, 4) is 11.5 Å². The normalized spacial score (nSPS) is 9.94. The van der Waals surface area contributed by atoms with Crippen LogP contribution in [0.1, 0.15) is 6.92 Å². The number of hydrogen-bond donors (Lipinski definition) is 1. The summed E-state index contributed by atoms with van der Waals surface area (Å²) in [5.74, 6) is 0.430. The van der Waals surface area contributed by atoms with E-state index in [1.807, 2.05) is 30.3 Å². The topological polar surface area (TPSA) is 77.2 Å².